The first-order valence-electron chi connectivity index (χ1n) is 11.4. The zero-order valence-electron chi connectivity index (χ0n) is 18.0. The smallest absolute Gasteiger partial charge is 0.0607 e. The number of benzene rings is 1. The van der Waals surface area contributed by atoms with E-state index in [2.05, 4.69) is 57.7 Å². The summed E-state index contributed by atoms with van der Waals surface area (Å²) in [5.41, 5.74) is 13.5. The number of nitrogens with one attached hydrogen (secondary N) is 1. The highest BCUT2D eigenvalue weighted by molar-refractivity contribution is 5.28. The van der Waals surface area contributed by atoms with Crippen molar-refractivity contribution in [2.75, 3.05) is 6.54 Å². The van der Waals surface area contributed by atoms with E-state index in [1.807, 2.05) is 18.5 Å². The summed E-state index contributed by atoms with van der Waals surface area (Å²) < 4.78 is 0. The van der Waals surface area contributed by atoms with Crippen molar-refractivity contribution in [1.82, 2.24) is 20.2 Å². The molecule has 3 heterocycles. The van der Waals surface area contributed by atoms with Gasteiger partial charge >= 0.3 is 0 Å². The molecule has 2 atom stereocenters. The average Bonchev–Trinajstić information content (AvgIpc) is 2.83. The molecule has 1 aliphatic heterocycles. The van der Waals surface area contributed by atoms with Crippen LogP contribution in [-0.2, 0) is 32.5 Å². The summed E-state index contributed by atoms with van der Waals surface area (Å²) in [6.45, 7) is 3.38. The summed E-state index contributed by atoms with van der Waals surface area (Å²) in [6.07, 6.45) is 8.35. The Morgan fingerprint density at radius 1 is 0.968 bits per heavy atom. The number of hydrogen-bond donors (Lipinski definition) is 2. The van der Waals surface area contributed by atoms with Crippen LogP contribution in [0.3, 0.4) is 0 Å². The Labute approximate surface area is 184 Å². The Balaban J connectivity index is 1.40. The van der Waals surface area contributed by atoms with Crippen LogP contribution < -0.4 is 11.1 Å². The lowest BCUT2D eigenvalue weighted by Gasteiger charge is -2.38. The van der Waals surface area contributed by atoms with Crippen molar-refractivity contribution >= 4 is 0 Å². The summed E-state index contributed by atoms with van der Waals surface area (Å²) >= 11 is 0. The minimum Gasteiger partial charge on any atom is -0.326 e. The van der Waals surface area contributed by atoms with Crippen molar-refractivity contribution in [2.24, 2.45) is 5.73 Å². The topological polar surface area (TPSA) is 67.1 Å². The lowest BCUT2D eigenvalue weighted by atomic mass is 9.89. The second-order valence-electron chi connectivity index (χ2n) is 8.80. The Morgan fingerprint density at radius 2 is 1.74 bits per heavy atom. The molecule has 2 aromatic heterocycles. The Hall–Kier alpha value is -2.60. The van der Waals surface area contributed by atoms with Crippen LogP contribution in [0.5, 0.6) is 0 Å². The standard InChI is InChI=1S/C26H31N5/c27-15-19-8-10-20(11-9-19)17-31(25-7-1-4-21-5-2-13-29-26(21)25)18-23-14-24-22(16-30-23)6-3-12-28-24/h2-3,5-6,8-13,23,25,30H,1,4,7,14-18,27H2/t23-,25+/m1/s1. The van der Waals surface area contributed by atoms with Crippen LogP contribution in [0.25, 0.3) is 0 Å². The van der Waals surface area contributed by atoms with Crippen LogP contribution in [-0.4, -0.2) is 27.5 Å². The maximum absolute atomic E-state index is 5.80. The van der Waals surface area contributed by atoms with Gasteiger partial charge in [0.2, 0.25) is 0 Å². The first-order chi connectivity index (χ1) is 15.3. The van der Waals surface area contributed by atoms with E-state index in [0.717, 1.165) is 38.9 Å². The Morgan fingerprint density at radius 3 is 2.58 bits per heavy atom. The molecule has 0 fully saturated rings. The van der Waals surface area contributed by atoms with Crippen molar-refractivity contribution in [3.8, 4) is 0 Å². The van der Waals surface area contributed by atoms with Gasteiger partial charge in [0.25, 0.3) is 0 Å². The van der Waals surface area contributed by atoms with Crippen molar-refractivity contribution < 1.29 is 0 Å². The SMILES string of the molecule is NCc1ccc(CN(C[C@H]2Cc3ncccc3CN2)[C@H]2CCCc3cccnc32)cc1. The molecule has 3 N–H and O–H groups in total. The summed E-state index contributed by atoms with van der Waals surface area (Å²) in [6, 6.07) is 18.0. The predicted molar refractivity (Wildman–Crippen MR) is 123 cm³/mol. The molecule has 1 aromatic carbocycles. The fourth-order valence-electron chi connectivity index (χ4n) is 5.05. The number of nitrogens with zero attached hydrogens (tertiary/aromatic N) is 3. The number of aryl methyl sites for hydroxylation is 1. The highest BCUT2D eigenvalue weighted by Gasteiger charge is 2.30. The minimum absolute atomic E-state index is 0.353. The summed E-state index contributed by atoms with van der Waals surface area (Å²) in [5.74, 6) is 0. The molecule has 3 aromatic rings. The molecule has 0 bridgehead atoms. The number of fused-ring (bicyclic) bond motifs is 2. The maximum Gasteiger partial charge on any atom is 0.0607 e. The normalized spacial score (nSPS) is 20.3. The van der Waals surface area contributed by atoms with E-state index >= 15 is 0 Å². The van der Waals surface area contributed by atoms with Gasteiger partial charge in [-0.2, -0.15) is 0 Å². The van der Waals surface area contributed by atoms with Crippen molar-refractivity contribution in [1.29, 1.82) is 0 Å². The zero-order valence-corrected chi connectivity index (χ0v) is 18.0. The van der Waals surface area contributed by atoms with E-state index in [-0.39, 0.29) is 0 Å². The van der Waals surface area contributed by atoms with Gasteiger partial charge < -0.3 is 11.1 Å². The molecule has 2 aliphatic rings. The van der Waals surface area contributed by atoms with Crippen molar-refractivity contribution in [3.63, 3.8) is 0 Å². The molecule has 31 heavy (non-hydrogen) atoms. The van der Waals surface area contributed by atoms with Crippen LogP contribution in [0, 0.1) is 0 Å². The minimum atomic E-state index is 0.353. The molecule has 0 radical (unpaired) electrons. The fourth-order valence-corrected chi connectivity index (χ4v) is 5.05. The summed E-state index contributed by atoms with van der Waals surface area (Å²) in [7, 11) is 0. The molecule has 1 aliphatic carbocycles. The molecule has 0 amide bonds. The van der Waals surface area contributed by atoms with Gasteiger partial charge in [-0.3, -0.25) is 14.9 Å². The van der Waals surface area contributed by atoms with Crippen LogP contribution in [0.2, 0.25) is 0 Å². The van der Waals surface area contributed by atoms with Crippen LogP contribution in [0.4, 0.5) is 0 Å². The Bertz CT molecular complexity index is 1020. The monoisotopic (exact) mass is 413 g/mol. The fraction of sp³-hybridized carbons (Fsp3) is 0.385. The quantitative estimate of drug-likeness (QED) is 0.647. The average molecular weight is 414 g/mol. The number of pyridine rings is 2. The lowest BCUT2D eigenvalue weighted by molar-refractivity contribution is 0.145. The lowest BCUT2D eigenvalue weighted by Crippen LogP contribution is -2.46. The van der Waals surface area contributed by atoms with Gasteiger partial charge in [-0.1, -0.05) is 36.4 Å². The summed E-state index contributed by atoms with van der Waals surface area (Å²) in [4.78, 5) is 12.1. The Kier molecular flexibility index (Phi) is 6.07. The largest absolute Gasteiger partial charge is 0.326 e. The van der Waals surface area contributed by atoms with Crippen LogP contribution in [0.1, 0.15) is 52.5 Å². The van der Waals surface area contributed by atoms with Gasteiger partial charge in [-0.15, -0.1) is 0 Å². The third-order valence-corrected chi connectivity index (χ3v) is 6.71. The molecule has 5 heteroatoms. The van der Waals surface area contributed by atoms with Crippen LogP contribution in [0.15, 0.2) is 60.9 Å². The maximum atomic E-state index is 5.80. The van der Waals surface area contributed by atoms with E-state index in [9.17, 15) is 0 Å². The second-order valence-corrected chi connectivity index (χ2v) is 8.80. The number of nitrogens with two attached hydrogens (primary N) is 1. The van der Waals surface area contributed by atoms with Gasteiger partial charge in [0.05, 0.1) is 11.7 Å². The summed E-state index contributed by atoms with van der Waals surface area (Å²) in [5, 5.41) is 3.75. The molecular formula is C26H31N5. The van der Waals surface area contributed by atoms with E-state index < -0.39 is 0 Å². The molecule has 5 rings (SSSR count). The van der Waals surface area contributed by atoms with Crippen molar-refractivity contribution in [3.05, 3.63) is 94.6 Å². The van der Waals surface area contributed by atoms with Gasteiger partial charge in [-0.25, -0.2) is 0 Å². The molecular weight excluding hydrogens is 382 g/mol. The van der Waals surface area contributed by atoms with E-state index in [1.165, 1.54) is 40.1 Å². The predicted octanol–water partition coefficient (Wildman–Crippen LogP) is 3.53. The first kappa shape index (κ1) is 20.3. The molecule has 160 valence electrons. The molecule has 0 unspecified atom stereocenters. The van der Waals surface area contributed by atoms with E-state index in [4.69, 9.17) is 10.7 Å². The molecule has 0 saturated heterocycles. The van der Waals surface area contributed by atoms with Gasteiger partial charge in [0.15, 0.2) is 0 Å². The van der Waals surface area contributed by atoms with Crippen molar-refractivity contribution in [2.45, 2.75) is 57.4 Å². The van der Waals surface area contributed by atoms with E-state index in [0.29, 0.717) is 18.6 Å². The van der Waals surface area contributed by atoms with E-state index in [1.54, 1.807) is 0 Å². The first-order valence-corrected chi connectivity index (χ1v) is 11.4. The highest BCUT2D eigenvalue weighted by atomic mass is 15.2. The highest BCUT2D eigenvalue weighted by Crippen LogP contribution is 2.34. The van der Waals surface area contributed by atoms with Crippen LogP contribution >= 0.6 is 0 Å². The second kappa shape index (κ2) is 9.27. The molecule has 5 nitrogen and oxygen atoms in total. The number of rotatable bonds is 6. The van der Waals surface area contributed by atoms with Gasteiger partial charge in [0, 0.05) is 56.7 Å². The third-order valence-electron chi connectivity index (χ3n) is 6.71. The molecule has 0 spiro atoms. The molecule has 0 saturated carbocycles. The third kappa shape index (κ3) is 4.54. The number of aromatic nitrogens is 2. The van der Waals surface area contributed by atoms with Gasteiger partial charge in [-0.05, 0) is 53.6 Å². The number of hydrogen-bond acceptors (Lipinski definition) is 5. The zero-order chi connectivity index (χ0) is 21.0. The van der Waals surface area contributed by atoms with Gasteiger partial charge in [0.1, 0.15) is 0 Å².